The highest BCUT2D eigenvalue weighted by atomic mass is 35.5. The van der Waals surface area contributed by atoms with Crippen molar-refractivity contribution in [2.75, 3.05) is 18.7 Å². The largest absolute Gasteiger partial charge is 0.481 e. The van der Waals surface area contributed by atoms with E-state index in [0.717, 1.165) is 17.2 Å². The molecule has 0 aliphatic rings. The molecular formula is C9H12ClNOS. The van der Waals surface area contributed by atoms with Crippen molar-refractivity contribution in [1.82, 2.24) is 4.98 Å². The van der Waals surface area contributed by atoms with Crippen LogP contribution in [-0.4, -0.2) is 23.7 Å². The first kappa shape index (κ1) is 10.7. The van der Waals surface area contributed by atoms with Gasteiger partial charge in [-0.15, -0.1) is 23.4 Å². The first-order chi connectivity index (χ1) is 6.36. The van der Waals surface area contributed by atoms with E-state index >= 15 is 0 Å². The van der Waals surface area contributed by atoms with E-state index < -0.39 is 0 Å². The summed E-state index contributed by atoms with van der Waals surface area (Å²) in [5.41, 5.74) is 0. The minimum Gasteiger partial charge on any atom is -0.481 e. The van der Waals surface area contributed by atoms with Gasteiger partial charge in [0.2, 0.25) is 5.88 Å². The molecule has 0 spiro atoms. The molecule has 72 valence electrons. The fraction of sp³-hybridized carbons (Fsp3) is 0.444. The van der Waals surface area contributed by atoms with Crippen LogP contribution in [0, 0.1) is 0 Å². The second-order valence-electron chi connectivity index (χ2n) is 2.41. The van der Waals surface area contributed by atoms with E-state index in [1.165, 1.54) is 0 Å². The molecule has 0 bridgehead atoms. The monoisotopic (exact) mass is 217 g/mol. The summed E-state index contributed by atoms with van der Waals surface area (Å²) >= 11 is 7.27. The number of halogens is 1. The number of thioether (sulfide) groups is 1. The van der Waals surface area contributed by atoms with Gasteiger partial charge in [-0.05, 0) is 12.5 Å². The lowest BCUT2D eigenvalue weighted by Crippen LogP contribution is -1.89. The Labute approximate surface area is 87.7 Å². The average molecular weight is 218 g/mol. The van der Waals surface area contributed by atoms with Crippen molar-refractivity contribution < 1.29 is 4.74 Å². The van der Waals surface area contributed by atoms with E-state index in [-0.39, 0.29) is 0 Å². The van der Waals surface area contributed by atoms with E-state index in [0.29, 0.717) is 11.8 Å². The number of ether oxygens (including phenoxy) is 1. The molecule has 2 nitrogen and oxygen atoms in total. The molecule has 13 heavy (non-hydrogen) atoms. The molecule has 1 aromatic heterocycles. The van der Waals surface area contributed by atoms with Crippen LogP contribution in [0.3, 0.4) is 0 Å². The van der Waals surface area contributed by atoms with E-state index in [2.05, 4.69) is 4.98 Å². The number of rotatable bonds is 5. The second kappa shape index (κ2) is 6.11. The fourth-order valence-corrected chi connectivity index (χ4v) is 1.94. The van der Waals surface area contributed by atoms with Crippen molar-refractivity contribution in [2.24, 2.45) is 0 Å². The van der Waals surface area contributed by atoms with Crippen LogP contribution < -0.4 is 4.74 Å². The van der Waals surface area contributed by atoms with Gasteiger partial charge >= 0.3 is 0 Å². The molecule has 0 N–H and O–H groups in total. The SMILES string of the molecule is COc1cccc(SCCCCl)n1. The second-order valence-corrected chi connectivity index (χ2v) is 3.90. The molecule has 0 aliphatic heterocycles. The molecule has 0 saturated carbocycles. The van der Waals surface area contributed by atoms with Crippen LogP contribution in [0.4, 0.5) is 0 Å². The van der Waals surface area contributed by atoms with Gasteiger partial charge in [-0.1, -0.05) is 6.07 Å². The van der Waals surface area contributed by atoms with Crippen molar-refractivity contribution in [3.63, 3.8) is 0 Å². The molecule has 0 fully saturated rings. The Morgan fingerprint density at radius 1 is 1.54 bits per heavy atom. The highest BCUT2D eigenvalue weighted by Gasteiger charge is 1.97. The van der Waals surface area contributed by atoms with Crippen LogP contribution in [0.15, 0.2) is 23.2 Å². The first-order valence-corrected chi connectivity index (χ1v) is 5.58. The molecule has 0 aliphatic carbocycles. The van der Waals surface area contributed by atoms with Gasteiger partial charge < -0.3 is 4.74 Å². The van der Waals surface area contributed by atoms with Crippen LogP contribution in [-0.2, 0) is 0 Å². The number of aromatic nitrogens is 1. The topological polar surface area (TPSA) is 22.1 Å². The maximum absolute atomic E-state index is 5.57. The molecule has 0 amide bonds. The number of nitrogens with zero attached hydrogens (tertiary/aromatic N) is 1. The molecule has 0 saturated heterocycles. The Kier molecular flexibility index (Phi) is 5.01. The molecule has 1 rings (SSSR count). The number of hydrogen-bond donors (Lipinski definition) is 0. The van der Waals surface area contributed by atoms with Crippen LogP contribution in [0.1, 0.15) is 6.42 Å². The van der Waals surface area contributed by atoms with Gasteiger partial charge in [-0.3, -0.25) is 0 Å². The summed E-state index contributed by atoms with van der Waals surface area (Å²) in [5, 5.41) is 0.990. The average Bonchev–Trinajstić information content (AvgIpc) is 2.19. The molecular weight excluding hydrogens is 206 g/mol. The maximum Gasteiger partial charge on any atom is 0.213 e. The van der Waals surface area contributed by atoms with Gasteiger partial charge in [0.1, 0.15) is 5.03 Å². The number of pyridine rings is 1. The third kappa shape index (κ3) is 3.87. The zero-order valence-electron chi connectivity index (χ0n) is 7.50. The quantitative estimate of drug-likeness (QED) is 0.430. The molecule has 1 heterocycles. The molecule has 0 aromatic carbocycles. The fourth-order valence-electron chi connectivity index (χ4n) is 0.821. The number of alkyl halides is 1. The van der Waals surface area contributed by atoms with Gasteiger partial charge in [0.15, 0.2) is 0 Å². The summed E-state index contributed by atoms with van der Waals surface area (Å²) in [4.78, 5) is 4.26. The molecule has 0 unspecified atom stereocenters. The highest BCUT2D eigenvalue weighted by molar-refractivity contribution is 7.99. The summed E-state index contributed by atoms with van der Waals surface area (Å²) in [6.07, 6.45) is 1.01. The van der Waals surface area contributed by atoms with E-state index in [9.17, 15) is 0 Å². The number of methoxy groups -OCH3 is 1. The van der Waals surface area contributed by atoms with Gasteiger partial charge in [0.25, 0.3) is 0 Å². The minimum absolute atomic E-state index is 0.663. The predicted octanol–water partition coefficient (Wildman–Crippen LogP) is 2.81. The predicted molar refractivity (Wildman–Crippen MR) is 56.9 cm³/mol. The van der Waals surface area contributed by atoms with Gasteiger partial charge in [-0.2, -0.15) is 0 Å². The third-order valence-corrected chi connectivity index (χ3v) is 2.72. The lowest BCUT2D eigenvalue weighted by molar-refractivity contribution is 0.394. The zero-order valence-corrected chi connectivity index (χ0v) is 9.07. The molecule has 1 aromatic rings. The zero-order chi connectivity index (χ0) is 9.52. The number of hydrogen-bond acceptors (Lipinski definition) is 3. The minimum atomic E-state index is 0.663. The van der Waals surface area contributed by atoms with Crippen LogP contribution >= 0.6 is 23.4 Å². The summed E-state index contributed by atoms with van der Waals surface area (Å²) in [5.74, 6) is 2.37. The summed E-state index contributed by atoms with van der Waals surface area (Å²) in [6, 6.07) is 5.75. The molecule has 4 heteroatoms. The van der Waals surface area contributed by atoms with Crippen molar-refractivity contribution in [1.29, 1.82) is 0 Å². The third-order valence-electron chi connectivity index (χ3n) is 1.44. The molecule has 0 atom stereocenters. The van der Waals surface area contributed by atoms with E-state index in [1.807, 2.05) is 18.2 Å². The lowest BCUT2D eigenvalue weighted by atomic mass is 10.5. The van der Waals surface area contributed by atoms with Crippen LogP contribution in [0.25, 0.3) is 0 Å². The van der Waals surface area contributed by atoms with Crippen molar-refractivity contribution in [3.8, 4) is 5.88 Å². The van der Waals surface area contributed by atoms with Gasteiger partial charge in [0, 0.05) is 17.7 Å². The van der Waals surface area contributed by atoms with Crippen molar-refractivity contribution in [3.05, 3.63) is 18.2 Å². The van der Waals surface area contributed by atoms with Gasteiger partial charge in [-0.25, -0.2) is 4.98 Å². The first-order valence-electron chi connectivity index (χ1n) is 4.06. The molecule has 0 radical (unpaired) electrons. The van der Waals surface area contributed by atoms with Crippen molar-refractivity contribution in [2.45, 2.75) is 11.4 Å². The maximum atomic E-state index is 5.57. The van der Waals surface area contributed by atoms with E-state index in [1.54, 1.807) is 18.9 Å². The normalized spacial score (nSPS) is 10.0. The van der Waals surface area contributed by atoms with E-state index in [4.69, 9.17) is 16.3 Å². The Balaban J connectivity index is 2.46. The summed E-state index contributed by atoms with van der Waals surface area (Å²) in [7, 11) is 1.62. The summed E-state index contributed by atoms with van der Waals surface area (Å²) < 4.78 is 5.01. The smallest absolute Gasteiger partial charge is 0.213 e. The Morgan fingerprint density at radius 2 is 2.38 bits per heavy atom. The van der Waals surface area contributed by atoms with Crippen molar-refractivity contribution >= 4 is 23.4 Å². The summed E-state index contributed by atoms with van der Waals surface area (Å²) in [6.45, 7) is 0. The van der Waals surface area contributed by atoms with Crippen LogP contribution in [0.5, 0.6) is 5.88 Å². The Bertz CT molecular complexity index is 257. The van der Waals surface area contributed by atoms with Gasteiger partial charge in [0.05, 0.1) is 7.11 Å². The highest BCUT2D eigenvalue weighted by Crippen LogP contribution is 2.18. The van der Waals surface area contributed by atoms with Crippen LogP contribution in [0.2, 0.25) is 0 Å². The lowest BCUT2D eigenvalue weighted by Gasteiger charge is -2.01. The standard InChI is InChI=1S/C9H12ClNOS/c1-12-8-4-2-5-9(11-8)13-7-3-6-10/h2,4-5H,3,6-7H2,1H3. The Hall–Kier alpha value is -0.410. The Morgan fingerprint density at radius 3 is 3.08 bits per heavy atom.